The van der Waals surface area contributed by atoms with E-state index in [2.05, 4.69) is 0 Å². The molecular weight excluding hydrogens is 296 g/mol. The van der Waals surface area contributed by atoms with E-state index in [9.17, 15) is 4.79 Å². The Balaban J connectivity index is 1.71. The lowest BCUT2D eigenvalue weighted by Crippen LogP contribution is -2.37. The SMILES string of the molecule is CC1(C)O[C@H]2O[C@H](C=O)[C@H](OCc3ccccc3Cl)[C@H]2O1. The summed E-state index contributed by atoms with van der Waals surface area (Å²) in [6, 6.07) is 7.41. The zero-order chi connectivity index (χ0) is 15.0. The van der Waals surface area contributed by atoms with Crippen LogP contribution in [0.1, 0.15) is 19.4 Å². The molecule has 3 rings (SSSR count). The monoisotopic (exact) mass is 312 g/mol. The second-order valence-corrected chi connectivity index (χ2v) is 5.98. The Morgan fingerprint density at radius 2 is 2.10 bits per heavy atom. The Morgan fingerprint density at radius 1 is 1.33 bits per heavy atom. The summed E-state index contributed by atoms with van der Waals surface area (Å²) < 4.78 is 22.7. The fourth-order valence-corrected chi connectivity index (χ4v) is 2.80. The molecule has 1 aromatic carbocycles. The smallest absolute Gasteiger partial charge is 0.190 e. The number of benzene rings is 1. The van der Waals surface area contributed by atoms with Gasteiger partial charge in [0.1, 0.15) is 18.3 Å². The van der Waals surface area contributed by atoms with Gasteiger partial charge in [-0.05, 0) is 25.5 Å². The van der Waals surface area contributed by atoms with Crippen molar-refractivity contribution < 1.29 is 23.7 Å². The van der Waals surface area contributed by atoms with Gasteiger partial charge < -0.3 is 23.7 Å². The fourth-order valence-electron chi connectivity index (χ4n) is 2.60. The molecular formula is C15H17ClO5. The van der Waals surface area contributed by atoms with Crippen LogP contribution in [-0.4, -0.2) is 36.7 Å². The predicted molar refractivity (Wildman–Crippen MR) is 74.8 cm³/mol. The van der Waals surface area contributed by atoms with Crippen LogP contribution in [0.2, 0.25) is 5.02 Å². The molecule has 0 aromatic heterocycles. The molecule has 0 spiro atoms. The van der Waals surface area contributed by atoms with Gasteiger partial charge in [0.15, 0.2) is 18.4 Å². The van der Waals surface area contributed by atoms with Gasteiger partial charge in [0.25, 0.3) is 0 Å². The first-order chi connectivity index (χ1) is 10.00. The molecule has 0 radical (unpaired) electrons. The molecule has 2 fully saturated rings. The van der Waals surface area contributed by atoms with Gasteiger partial charge in [0, 0.05) is 5.02 Å². The van der Waals surface area contributed by atoms with Gasteiger partial charge in [-0.3, -0.25) is 0 Å². The number of aldehydes is 1. The van der Waals surface area contributed by atoms with Crippen LogP contribution in [-0.2, 0) is 30.3 Å². The molecule has 5 nitrogen and oxygen atoms in total. The molecule has 2 heterocycles. The van der Waals surface area contributed by atoms with Crippen molar-refractivity contribution >= 4 is 17.9 Å². The molecule has 6 heteroatoms. The average molecular weight is 313 g/mol. The molecule has 21 heavy (non-hydrogen) atoms. The third kappa shape index (κ3) is 2.98. The van der Waals surface area contributed by atoms with Crippen LogP contribution in [0.25, 0.3) is 0 Å². The number of fused-ring (bicyclic) bond motifs is 1. The van der Waals surface area contributed by atoms with E-state index in [1.165, 1.54) is 0 Å². The van der Waals surface area contributed by atoms with E-state index in [4.69, 9.17) is 30.5 Å². The first-order valence-corrected chi connectivity index (χ1v) is 7.19. The van der Waals surface area contributed by atoms with Crippen molar-refractivity contribution in [1.29, 1.82) is 0 Å². The number of halogens is 1. The molecule has 1 aromatic rings. The fraction of sp³-hybridized carbons (Fsp3) is 0.533. The molecule has 0 N–H and O–H groups in total. The summed E-state index contributed by atoms with van der Waals surface area (Å²) in [6.45, 7) is 3.89. The summed E-state index contributed by atoms with van der Waals surface area (Å²) >= 11 is 6.10. The minimum Gasteiger partial charge on any atom is -0.367 e. The second-order valence-electron chi connectivity index (χ2n) is 5.57. The predicted octanol–water partition coefficient (Wildman–Crippen LogP) is 2.30. The lowest BCUT2D eigenvalue weighted by molar-refractivity contribution is -0.216. The lowest BCUT2D eigenvalue weighted by Gasteiger charge is -2.23. The molecule has 0 amide bonds. The highest BCUT2D eigenvalue weighted by Gasteiger charge is 2.55. The van der Waals surface area contributed by atoms with Crippen molar-refractivity contribution in [2.24, 2.45) is 0 Å². The van der Waals surface area contributed by atoms with E-state index in [0.29, 0.717) is 5.02 Å². The van der Waals surface area contributed by atoms with E-state index in [0.717, 1.165) is 11.8 Å². The molecule has 2 aliphatic heterocycles. The zero-order valence-corrected chi connectivity index (χ0v) is 12.6. The number of hydrogen-bond donors (Lipinski definition) is 0. The number of rotatable bonds is 4. The van der Waals surface area contributed by atoms with Crippen LogP contribution in [0, 0.1) is 0 Å². The van der Waals surface area contributed by atoms with Crippen LogP contribution in [0.3, 0.4) is 0 Å². The Hall–Kier alpha value is -0.980. The van der Waals surface area contributed by atoms with E-state index in [-0.39, 0.29) is 6.61 Å². The van der Waals surface area contributed by atoms with Crippen LogP contribution in [0.4, 0.5) is 0 Å². The highest BCUT2D eigenvalue weighted by molar-refractivity contribution is 6.31. The summed E-state index contributed by atoms with van der Waals surface area (Å²) in [5, 5.41) is 0.625. The van der Waals surface area contributed by atoms with Gasteiger partial charge in [0.05, 0.1) is 6.61 Å². The standard InChI is InChI=1S/C15H17ClO5/c1-15(2)20-13-12(11(7-17)19-14(13)21-15)18-8-9-5-3-4-6-10(9)16/h3-7,11-14H,8H2,1-2H3/t11-,12+,13-,14-/m1/s1. The van der Waals surface area contributed by atoms with Crippen LogP contribution in [0.5, 0.6) is 0 Å². The van der Waals surface area contributed by atoms with E-state index in [1.54, 1.807) is 19.9 Å². The summed E-state index contributed by atoms with van der Waals surface area (Å²) in [5.74, 6) is -0.741. The summed E-state index contributed by atoms with van der Waals surface area (Å²) in [5.41, 5.74) is 0.852. The number of ether oxygens (including phenoxy) is 4. The molecule has 2 saturated heterocycles. The number of carbonyl (C=O) groups is 1. The Bertz CT molecular complexity index is 533. The second kappa shape index (κ2) is 5.66. The van der Waals surface area contributed by atoms with Gasteiger partial charge in [-0.1, -0.05) is 29.8 Å². The Labute approximate surface area is 128 Å². The molecule has 2 aliphatic rings. The van der Waals surface area contributed by atoms with Crippen molar-refractivity contribution in [3.8, 4) is 0 Å². The topological polar surface area (TPSA) is 54.0 Å². The Kier molecular flexibility index (Phi) is 4.03. The molecule has 4 atom stereocenters. The van der Waals surface area contributed by atoms with Crippen molar-refractivity contribution in [3.05, 3.63) is 34.9 Å². The largest absolute Gasteiger partial charge is 0.367 e. The van der Waals surface area contributed by atoms with Crippen LogP contribution >= 0.6 is 11.6 Å². The van der Waals surface area contributed by atoms with Crippen LogP contribution in [0.15, 0.2) is 24.3 Å². The maximum Gasteiger partial charge on any atom is 0.190 e. The molecule has 0 bridgehead atoms. The minimum atomic E-state index is -0.741. The highest BCUT2D eigenvalue weighted by Crippen LogP contribution is 2.38. The van der Waals surface area contributed by atoms with Gasteiger partial charge in [0.2, 0.25) is 0 Å². The average Bonchev–Trinajstić information content (AvgIpc) is 2.89. The Morgan fingerprint density at radius 3 is 2.81 bits per heavy atom. The van der Waals surface area contributed by atoms with Gasteiger partial charge in [-0.15, -0.1) is 0 Å². The van der Waals surface area contributed by atoms with E-state index in [1.807, 2.05) is 18.2 Å². The maximum atomic E-state index is 11.1. The normalized spacial score (nSPS) is 33.9. The molecule has 0 saturated carbocycles. The lowest BCUT2D eigenvalue weighted by atomic mass is 10.1. The summed E-state index contributed by atoms with van der Waals surface area (Å²) in [4.78, 5) is 11.1. The van der Waals surface area contributed by atoms with Crippen molar-refractivity contribution in [3.63, 3.8) is 0 Å². The quantitative estimate of drug-likeness (QED) is 0.799. The van der Waals surface area contributed by atoms with E-state index < -0.39 is 30.4 Å². The van der Waals surface area contributed by atoms with E-state index >= 15 is 0 Å². The first kappa shape index (κ1) is 14.9. The maximum absolute atomic E-state index is 11.1. The van der Waals surface area contributed by atoms with Crippen molar-refractivity contribution in [2.75, 3.05) is 0 Å². The first-order valence-electron chi connectivity index (χ1n) is 6.81. The third-order valence-electron chi connectivity index (χ3n) is 3.55. The van der Waals surface area contributed by atoms with Gasteiger partial charge in [-0.2, -0.15) is 0 Å². The zero-order valence-electron chi connectivity index (χ0n) is 11.8. The van der Waals surface area contributed by atoms with Crippen molar-refractivity contribution in [2.45, 2.75) is 50.8 Å². The minimum absolute atomic E-state index is 0.283. The highest BCUT2D eigenvalue weighted by atomic mass is 35.5. The number of hydrogen-bond acceptors (Lipinski definition) is 5. The molecule has 0 aliphatic carbocycles. The number of carbonyl (C=O) groups excluding carboxylic acids is 1. The van der Waals surface area contributed by atoms with Crippen LogP contribution < -0.4 is 0 Å². The summed E-state index contributed by atoms with van der Waals surface area (Å²) in [7, 11) is 0. The summed E-state index contributed by atoms with van der Waals surface area (Å²) in [6.07, 6.45) is -1.48. The third-order valence-corrected chi connectivity index (χ3v) is 3.92. The molecule has 114 valence electrons. The molecule has 0 unspecified atom stereocenters. The van der Waals surface area contributed by atoms with Gasteiger partial charge in [-0.25, -0.2) is 0 Å². The van der Waals surface area contributed by atoms with Crippen molar-refractivity contribution in [1.82, 2.24) is 0 Å². The van der Waals surface area contributed by atoms with Gasteiger partial charge >= 0.3 is 0 Å².